The number of aromatic nitrogens is 1. The van der Waals surface area contributed by atoms with Gasteiger partial charge in [0.25, 0.3) is 0 Å². The summed E-state index contributed by atoms with van der Waals surface area (Å²) in [5, 5.41) is 13.6. The number of pyridine rings is 1. The zero-order valence-corrected chi connectivity index (χ0v) is 18.0. The van der Waals surface area contributed by atoms with E-state index in [1.807, 2.05) is 0 Å². The van der Waals surface area contributed by atoms with Crippen LogP contribution in [-0.2, 0) is 24.2 Å². The Balaban J connectivity index is 1.53. The predicted molar refractivity (Wildman–Crippen MR) is 121 cm³/mol. The number of morpholine rings is 1. The highest BCUT2D eigenvalue weighted by Gasteiger charge is 2.30. The Morgan fingerprint density at radius 3 is 2.42 bits per heavy atom. The van der Waals surface area contributed by atoms with Crippen molar-refractivity contribution in [2.75, 3.05) is 68.8 Å². The number of nitriles is 1. The van der Waals surface area contributed by atoms with Gasteiger partial charge in [-0.25, -0.2) is 4.98 Å². The first kappa shape index (κ1) is 20.3. The van der Waals surface area contributed by atoms with Gasteiger partial charge in [-0.1, -0.05) is 30.3 Å². The van der Waals surface area contributed by atoms with E-state index in [4.69, 9.17) is 9.72 Å². The monoisotopic (exact) mass is 418 g/mol. The van der Waals surface area contributed by atoms with E-state index in [2.05, 4.69) is 56.4 Å². The van der Waals surface area contributed by atoms with Gasteiger partial charge < -0.3 is 19.9 Å². The number of ether oxygens (including phenoxy) is 1. The standard InChI is InChI=1S/C24H30N6O/c25-16-21-22-18-28(17-19-4-2-1-3-5-19)9-6-20(22)23(29-10-7-26-8-11-29)27-24(21)30-12-14-31-15-13-30/h1-5,26H,6-15,17-18H2. The van der Waals surface area contributed by atoms with Crippen LogP contribution in [0.25, 0.3) is 0 Å². The van der Waals surface area contributed by atoms with Gasteiger partial charge in [-0.05, 0) is 17.5 Å². The molecule has 0 bridgehead atoms. The van der Waals surface area contributed by atoms with Crippen LogP contribution in [0.4, 0.5) is 11.6 Å². The fraction of sp³-hybridized carbons (Fsp3) is 0.500. The maximum atomic E-state index is 10.2. The van der Waals surface area contributed by atoms with Gasteiger partial charge in [0.1, 0.15) is 17.7 Å². The molecule has 31 heavy (non-hydrogen) atoms. The van der Waals surface area contributed by atoms with Crippen LogP contribution >= 0.6 is 0 Å². The number of benzene rings is 1. The molecule has 0 spiro atoms. The van der Waals surface area contributed by atoms with Crippen molar-refractivity contribution < 1.29 is 4.74 Å². The first-order chi connectivity index (χ1) is 15.3. The van der Waals surface area contributed by atoms with Crippen LogP contribution in [0.2, 0.25) is 0 Å². The minimum atomic E-state index is 0.687. The molecule has 2 aromatic rings. The number of piperazine rings is 1. The second-order valence-electron chi connectivity index (χ2n) is 8.49. The second kappa shape index (κ2) is 9.23. The summed E-state index contributed by atoms with van der Waals surface area (Å²) in [5.41, 5.74) is 4.53. The predicted octanol–water partition coefficient (Wildman–Crippen LogP) is 1.76. The average molecular weight is 419 g/mol. The summed E-state index contributed by atoms with van der Waals surface area (Å²) >= 11 is 0. The Labute approximate surface area is 184 Å². The lowest BCUT2D eigenvalue weighted by atomic mass is 9.94. The fourth-order valence-electron chi connectivity index (χ4n) is 4.89. The molecule has 3 aliphatic heterocycles. The van der Waals surface area contributed by atoms with Crippen LogP contribution in [0.3, 0.4) is 0 Å². The minimum absolute atomic E-state index is 0.687. The molecule has 2 fully saturated rings. The van der Waals surface area contributed by atoms with Gasteiger partial charge in [-0.15, -0.1) is 0 Å². The molecule has 0 radical (unpaired) electrons. The topological polar surface area (TPSA) is 67.7 Å². The van der Waals surface area contributed by atoms with Crippen molar-refractivity contribution in [2.24, 2.45) is 0 Å². The van der Waals surface area contributed by atoms with Crippen molar-refractivity contribution in [3.8, 4) is 6.07 Å². The van der Waals surface area contributed by atoms with Crippen LogP contribution in [-0.4, -0.2) is 68.9 Å². The number of rotatable bonds is 4. The van der Waals surface area contributed by atoms with Crippen molar-refractivity contribution in [1.82, 2.24) is 15.2 Å². The van der Waals surface area contributed by atoms with Crippen molar-refractivity contribution in [3.63, 3.8) is 0 Å². The second-order valence-corrected chi connectivity index (χ2v) is 8.49. The number of hydrogen-bond donors (Lipinski definition) is 1. The Morgan fingerprint density at radius 1 is 0.935 bits per heavy atom. The summed E-state index contributed by atoms with van der Waals surface area (Å²) in [6.45, 7) is 9.51. The molecule has 7 nitrogen and oxygen atoms in total. The Morgan fingerprint density at radius 2 is 1.68 bits per heavy atom. The maximum Gasteiger partial charge on any atom is 0.149 e. The van der Waals surface area contributed by atoms with E-state index in [1.54, 1.807) is 0 Å². The highest BCUT2D eigenvalue weighted by molar-refractivity contribution is 5.68. The molecule has 162 valence electrons. The molecule has 5 rings (SSSR count). The van der Waals surface area contributed by atoms with Gasteiger partial charge in [0.15, 0.2) is 0 Å². The van der Waals surface area contributed by atoms with Crippen molar-refractivity contribution in [2.45, 2.75) is 19.5 Å². The van der Waals surface area contributed by atoms with E-state index in [9.17, 15) is 5.26 Å². The average Bonchev–Trinajstić information content (AvgIpc) is 2.84. The van der Waals surface area contributed by atoms with E-state index < -0.39 is 0 Å². The summed E-state index contributed by atoms with van der Waals surface area (Å²) in [7, 11) is 0. The Kier molecular flexibility index (Phi) is 6.03. The number of nitrogens with zero attached hydrogens (tertiary/aromatic N) is 5. The SMILES string of the molecule is N#Cc1c(N2CCOCC2)nc(N2CCNCC2)c2c1CN(Cc1ccccc1)CC2. The van der Waals surface area contributed by atoms with Gasteiger partial charge in [0, 0.05) is 64.5 Å². The number of nitrogens with one attached hydrogen (secondary N) is 1. The molecule has 2 saturated heterocycles. The summed E-state index contributed by atoms with van der Waals surface area (Å²) < 4.78 is 5.56. The van der Waals surface area contributed by atoms with E-state index in [-0.39, 0.29) is 0 Å². The zero-order chi connectivity index (χ0) is 21.0. The minimum Gasteiger partial charge on any atom is -0.378 e. The van der Waals surface area contributed by atoms with E-state index >= 15 is 0 Å². The lowest BCUT2D eigenvalue weighted by molar-refractivity contribution is 0.122. The van der Waals surface area contributed by atoms with Gasteiger partial charge >= 0.3 is 0 Å². The van der Waals surface area contributed by atoms with E-state index in [1.165, 1.54) is 16.7 Å². The van der Waals surface area contributed by atoms with E-state index in [0.717, 1.165) is 82.5 Å². The summed E-state index contributed by atoms with van der Waals surface area (Å²) in [5.74, 6) is 1.94. The molecular formula is C24H30N6O. The molecule has 0 amide bonds. The quantitative estimate of drug-likeness (QED) is 0.811. The summed E-state index contributed by atoms with van der Waals surface area (Å²) in [4.78, 5) is 12.3. The fourth-order valence-corrected chi connectivity index (χ4v) is 4.89. The third kappa shape index (κ3) is 4.24. The van der Waals surface area contributed by atoms with Gasteiger partial charge in [0.05, 0.1) is 18.8 Å². The van der Waals surface area contributed by atoms with Crippen LogP contribution in [0.15, 0.2) is 30.3 Å². The van der Waals surface area contributed by atoms with Gasteiger partial charge in [-0.3, -0.25) is 4.90 Å². The molecule has 1 aromatic heterocycles. The normalized spacial score (nSPS) is 19.7. The largest absolute Gasteiger partial charge is 0.378 e. The number of anilines is 2. The highest BCUT2D eigenvalue weighted by Crippen LogP contribution is 2.36. The zero-order valence-electron chi connectivity index (χ0n) is 18.0. The molecule has 3 aliphatic rings. The Hall–Kier alpha value is -2.66. The molecule has 7 heteroatoms. The lowest BCUT2D eigenvalue weighted by Gasteiger charge is -2.37. The van der Waals surface area contributed by atoms with Crippen LogP contribution in [0.5, 0.6) is 0 Å². The molecule has 0 aliphatic carbocycles. The molecule has 4 heterocycles. The Bertz CT molecular complexity index is 945. The highest BCUT2D eigenvalue weighted by atomic mass is 16.5. The molecule has 1 aromatic carbocycles. The number of fused-ring (bicyclic) bond motifs is 1. The first-order valence-electron chi connectivity index (χ1n) is 11.3. The van der Waals surface area contributed by atoms with Crippen molar-refractivity contribution in [3.05, 3.63) is 52.6 Å². The van der Waals surface area contributed by atoms with Crippen molar-refractivity contribution in [1.29, 1.82) is 5.26 Å². The number of hydrogen-bond acceptors (Lipinski definition) is 7. The maximum absolute atomic E-state index is 10.2. The lowest BCUT2D eigenvalue weighted by Crippen LogP contribution is -2.45. The van der Waals surface area contributed by atoms with Crippen LogP contribution in [0, 0.1) is 11.3 Å². The van der Waals surface area contributed by atoms with Gasteiger partial charge in [-0.2, -0.15) is 5.26 Å². The third-order valence-electron chi connectivity index (χ3n) is 6.52. The molecule has 0 atom stereocenters. The summed E-state index contributed by atoms with van der Waals surface area (Å²) in [6.07, 6.45) is 0.937. The first-order valence-corrected chi connectivity index (χ1v) is 11.3. The summed E-state index contributed by atoms with van der Waals surface area (Å²) in [6, 6.07) is 13.1. The smallest absolute Gasteiger partial charge is 0.149 e. The van der Waals surface area contributed by atoms with Crippen molar-refractivity contribution >= 4 is 11.6 Å². The van der Waals surface area contributed by atoms with Crippen LogP contribution in [0.1, 0.15) is 22.3 Å². The van der Waals surface area contributed by atoms with E-state index in [0.29, 0.717) is 13.2 Å². The molecular weight excluding hydrogens is 388 g/mol. The van der Waals surface area contributed by atoms with Crippen LogP contribution < -0.4 is 15.1 Å². The molecule has 0 saturated carbocycles. The molecule has 1 N–H and O–H groups in total. The van der Waals surface area contributed by atoms with Gasteiger partial charge in [0.2, 0.25) is 0 Å². The third-order valence-corrected chi connectivity index (χ3v) is 6.52. The molecule has 0 unspecified atom stereocenters.